The molecule has 47 heavy (non-hydrogen) atoms. The van der Waals surface area contributed by atoms with Crippen molar-refractivity contribution in [2.24, 2.45) is 10.7 Å². The van der Waals surface area contributed by atoms with Gasteiger partial charge in [0.2, 0.25) is 11.8 Å². The van der Waals surface area contributed by atoms with Crippen LogP contribution in [0.3, 0.4) is 0 Å². The van der Waals surface area contributed by atoms with Gasteiger partial charge in [0, 0.05) is 23.1 Å². The standard InChI is InChI=1S/C34H34BrN5O7/c1-34(2,3)47-26-16-22(25(41)17-27(36)42)10-13-24(26)31-38-29(19-4-6-21(7-5-19)32(44)45)30(20-8-11-23(35)12-9-20)40(31)33(46)39-15-14-37-28(43)18-39/h4-13,16,29-30H,14-15,17-18H2,1-3H3,(H2,36,42)(H,37,43)(H,44,45). The number of piperazine rings is 1. The number of Topliss-reactive ketones (excluding diaryl/α,β-unsaturated/α-hetero) is 1. The van der Waals surface area contributed by atoms with E-state index in [9.17, 15) is 29.1 Å². The number of carbonyl (C=O) groups excluding carboxylic acids is 4. The number of hydrogen-bond donors (Lipinski definition) is 3. The van der Waals surface area contributed by atoms with E-state index in [1.165, 1.54) is 34.1 Å². The average Bonchev–Trinajstić information content (AvgIpc) is 3.40. The Morgan fingerprint density at radius 1 is 1.00 bits per heavy atom. The Kier molecular flexibility index (Phi) is 9.48. The molecule has 2 heterocycles. The zero-order valence-corrected chi connectivity index (χ0v) is 27.6. The molecule has 4 N–H and O–H groups in total. The molecule has 0 saturated carbocycles. The number of nitrogens with one attached hydrogen (secondary N) is 1. The molecule has 2 aliphatic rings. The van der Waals surface area contributed by atoms with Crippen molar-refractivity contribution >= 4 is 51.4 Å². The summed E-state index contributed by atoms with van der Waals surface area (Å²) in [5.74, 6) is -2.16. The molecule has 12 nitrogen and oxygen atoms in total. The van der Waals surface area contributed by atoms with E-state index in [0.717, 1.165) is 10.0 Å². The van der Waals surface area contributed by atoms with Gasteiger partial charge in [-0.1, -0.05) is 46.3 Å². The number of aromatic carboxylic acids is 1. The number of carbonyl (C=O) groups is 5. The summed E-state index contributed by atoms with van der Waals surface area (Å²) in [6, 6.07) is 16.5. The van der Waals surface area contributed by atoms with Gasteiger partial charge in [-0.3, -0.25) is 24.3 Å². The first-order valence-electron chi connectivity index (χ1n) is 14.9. The smallest absolute Gasteiger partial charge is 0.335 e. The Morgan fingerprint density at radius 2 is 1.64 bits per heavy atom. The van der Waals surface area contributed by atoms with Crippen LogP contribution in [0.25, 0.3) is 0 Å². The minimum atomic E-state index is -1.08. The van der Waals surface area contributed by atoms with Gasteiger partial charge in [0.25, 0.3) is 0 Å². The molecule has 1 saturated heterocycles. The third-order valence-corrected chi connectivity index (χ3v) is 8.12. The molecule has 3 aromatic rings. The Hall–Kier alpha value is -5.04. The number of carboxylic acids is 1. The molecular weight excluding hydrogens is 670 g/mol. The van der Waals surface area contributed by atoms with Crippen LogP contribution in [0.15, 0.2) is 76.2 Å². The highest BCUT2D eigenvalue weighted by Gasteiger charge is 2.45. The van der Waals surface area contributed by atoms with Crippen molar-refractivity contribution in [3.63, 3.8) is 0 Å². The van der Waals surface area contributed by atoms with Crippen molar-refractivity contribution < 1.29 is 33.8 Å². The van der Waals surface area contributed by atoms with E-state index in [1.807, 2.05) is 45.0 Å². The molecule has 4 amide bonds. The molecular formula is C34H34BrN5O7. The molecule has 0 aliphatic carbocycles. The quantitative estimate of drug-likeness (QED) is 0.229. The van der Waals surface area contributed by atoms with Crippen LogP contribution in [0.5, 0.6) is 5.75 Å². The lowest BCUT2D eigenvalue weighted by Crippen LogP contribution is -2.55. The first-order chi connectivity index (χ1) is 22.2. The Labute approximate surface area is 279 Å². The zero-order valence-electron chi connectivity index (χ0n) is 26.0. The lowest BCUT2D eigenvalue weighted by molar-refractivity contribution is -0.123. The van der Waals surface area contributed by atoms with Crippen LogP contribution >= 0.6 is 15.9 Å². The summed E-state index contributed by atoms with van der Waals surface area (Å²) in [6.45, 7) is 5.89. The van der Waals surface area contributed by atoms with Crippen molar-refractivity contribution in [2.75, 3.05) is 19.6 Å². The Bertz CT molecular complexity index is 1770. The maximum absolute atomic E-state index is 14.6. The van der Waals surface area contributed by atoms with E-state index in [0.29, 0.717) is 11.1 Å². The van der Waals surface area contributed by atoms with Gasteiger partial charge in [-0.2, -0.15) is 0 Å². The largest absolute Gasteiger partial charge is 0.487 e. The maximum atomic E-state index is 14.6. The van der Waals surface area contributed by atoms with Gasteiger partial charge in [0.1, 0.15) is 29.8 Å². The van der Waals surface area contributed by atoms with Crippen molar-refractivity contribution in [3.05, 3.63) is 99.0 Å². The summed E-state index contributed by atoms with van der Waals surface area (Å²) < 4.78 is 7.16. The predicted molar refractivity (Wildman–Crippen MR) is 176 cm³/mol. The number of aliphatic imine (C=N–C) groups is 1. The summed E-state index contributed by atoms with van der Waals surface area (Å²) in [6.07, 6.45) is -0.489. The molecule has 5 rings (SSSR count). The van der Waals surface area contributed by atoms with Gasteiger partial charge in [0.05, 0.1) is 23.6 Å². The third kappa shape index (κ3) is 7.51. The molecule has 2 atom stereocenters. The highest BCUT2D eigenvalue weighted by atomic mass is 79.9. The number of urea groups is 1. The first-order valence-corrected chi connectivity index (χ1v) is 15.7. The SMILES string of the molecule is CC(C)(C)Oc1cc(C(=O)CC(N)=O)ccc1C1=NC(c2ccc(C(=O)O)cc2)C(c2ccc(Br)cc2)N1C(=O)N1CCNC(=O)C1. The van der Waals surface area contributed by atoms with Crippen LogP contribution in [-0.4, -0.2) is 75.6 Å². The van der Waals surface area contributed by atoms with Gasteiger partial charge in [0.15, 0.2) is 5.78 Å². The Morgan fingerprint density at radius 3 is 2.23 bits per heavy atom. The number of nitrogens with two attached hydrogens (primary N) is 1. The summed E-state index contributed by atoms with van der Waals surface area (Å²) in [7, 11) is 0. The molecule has 244 valence electrons. The van der Waals surface area contributed by atoms with E-state index in [-0.39, 0.29) is 48.3 Å². The van der Waals surface area contributed by atoms with E-state index < -0.39 is 47.8 Å². The number of ketones is 1. The first kappa shape index (κ1) is 33.3. The molecule has 2 unspecified atom stereocenters. The normalized spacial score (nSPS) is 18.0. The molecule has 0 bridgehead atoms. The highest BCUT2D eigenvalue weighted by molar-refractivity contribution is 9.10. The maximum Gasteiger partial charge on any atom is 0.335 e. The minimum absolute atomic E-state index is 0.0977. The molecule has 13 heteroatoms. The average molecular weight is 705 g/mol. The lowest BCUT2D eigenvalue weighted by atomic mass is 9.93. The number of rotatable bonds is 8. The third-order valence-electron chi connectivity index (χ3n) is 7.59. The molecule has 0 aromatic heterocycles. The van der Waals surface area contributed by atoms with Crippen LogP contribution in [0.4, 0.5) is 4.79 Å². The summed E-state index contributed by atoms with van der Waals surface area (Å²) in [4.78, 5) is 71.1. The molecule has 2 aliphatic heterocycles. The van der Waals surface area contributed by atoms with Crippen LogP contribution < -0.4 is 15.8 Å². The van der Waals surface area contributed by atoms with E-state index in [1.54, 1.807) is 18.2 Å². The number of nitrogens with zero attached hydrogens (tertiary/aromatic N) is 3. The number of halogens is 1. The number of carboxylic acid groups (broad SMARTS) is 1. The van der Waals surface area contributed by atoms with Crippen LogP contribution in [0.1, 0.15) is 76.7 Å². The number of hydrogen-bond acceptors (Lipinski definition) is 7. The summed E-state index contributed by atoms with van der Waals surface area (Å²) >= 11 is 3.48. The highest BCUT2D eigenvalue weighted by Crippen LogP contribution is 2.45. The fraction of sp³-hybridized carbons (Fsp3) is 0.294. The second kappa shape index (κ2) is 13.4. The van der Waals surface area contributed by atoms with Gasteiger partial charge in [-0.25, -0.2) is 9.59 Å². The lowest BCUT2D eigenvalue weighted by Gasteiger charge is -2.36. The van der Waals surface area contributed by atoms with Crippen molar-refractivity contribution in [1.29, 1.82) is 0 Å². The van der Waals surface area contributed by atoms with Gasteiger partial charge in [-0.05, 0) is 68.3 Å². The molecule has 3 aromatic carbocycles. The second-order valence-electron chi connectivity index (χ2n) is 12.2. The van der Waals surface area contributed by atoms with Gasteiger partial charge in [-0.15, -0.1) is 0 Å². The van der Waals surface area contributed by atoms with Crippen LogP contribution in [-0.2, 0) is 9.59 Å². The number of amides is 4. The van der Waals surface area contributed by atoms with Crippen LogP contribution in [0, 0.1) is 0 Å². The van der Waals surface area contributed by atoms with E-state index in [2.05, 4.69) is 21.2 Å². The second-order valence-corrected chi connectivity index (χ2v) is 13.2. The van der Waals surface area contributed by atoms with Gasteiger partial charge < -0.3 is 25.8 Å². The van der Waals surface area contributed by atoms with Gasteiger partial charge >= 0.3 is 12.0 Å². The van der Waals surface area contributed by atoms with Crippen molar-refractivity contribution in [2.45, 2.75) is 44.9 Å². The fourth-order valence-electron chi connectivity index (χ4n) is 5.53. The molecule has 0 spiro atoms. The van der Waals surface area contributed by atoms with Crippen molar-refractivity contribution in [1.82, 2.24) is 15.1 Å². The molecule has 1 fully saturated rings. The summed E-state index contributed by atoms with van der Waals surface area (Å²) in [5, 5.41) is 12.3. The topological polar surface area (TPSA) is 172 Å². The van der Waals surface area contributed by atoms with E-state index in [4.69, 9.17) is 15.5 Å². The van der Waals surface area contributed by atoms with Crippen LogP contribution in [0.2, 0.25) is 0 Å². The number of benzene rings is 3. The minimum Gasteiger partial charge on any atom is -0.487 e. The van der Waals surface area contributed by atoms with E-state index >= 15 is 0 Å². The number of primary amides is 1. The predicted octanol–water partition coefficient (Wildman–Crippen LogP) is 4.48. The fourth-order valence-corrected chi connectivity index (χ4v) is 5.79. The Balaban J connectivity index is 1.73. The monoisotopic (exact) mass is 703 g/mol. The zero-order chi connectivity index (χ0) is 34.0. The number of ether oxygens (including phenoxy) is 1. The number of amidine groups is 1. The van der Waals surface area contributed by atoms with Crippen molar-refractivity contribution in [3.8, 4) is 5.75 Å². The summed E-state index contributed by atoms with van der Waals surface area (Å²) in [5.41, 5.74) is 6.63. The molecule has 0 radical (unpaired) electrons.